The van der Waals surface area contributed by atoms with Crippen molar-refractivity contribution < 1.29 is 0 Å². The Morgan fingerprint density at radius 1 is 0.267 bits per heavy atom. The number of aromatic nitrogens is 6. The molecule has 6 nitrogen and oxygen atoms in total. The molecule has 0 fully saturated rings. The smallest absolute Gasteiger partial charge is 0.160 e. The second kappa shape index (κ2) is 18.2. The minimum Gasteiger partial charge on any atom is -0.309 e. The fraction of sp³-hybridized carbons (Fsp3) is 0.0500. The van der Waals surface area contributed by atoms with Gasteiger partial charge in [-0.2, -0.15) is 0 Å². The van der Waals surface area contributed by atoms with Crippen LogP contribution in [0.25, 0.3) is 165 Å². The van der Waals surface area contributed by atoms with Crippen LogP contribution in [-0.4, -0.2) is 28.2 Å². The van der Waals surface area contributed by atoms with E-state index in [0.717, 1.165) is 83.3 Å². The van der Waals surface area contributed by atoms with Crippen molar-refractivity contribution in [2.75, 3.05) is 0 Å². The number of nitrogens with zero attached hydrogens (tertiary/aromatic N) is 6. The first-order valence-corrected chi connectivity index (χ1v) is 29.7. The van der Waals surface area contributed by atoms with E-state index in [0.29, 0.717) is 5.82 Å². The maximum absolute atomic E-state index is 5.79. The molecule has 0 atom stereocenters. The van der Waals surface area contributed by atoms with Gasteiger partial charge in [-0.15, -0.1) is 0 Å². The molecule has 18 rings (SSSR count). The molecule has 0 aliphatic carbocycles. The highest BCUT2D eigenvalue weighted by Crippen LogP contribution is 2.43. The molecule has 0 saturated carbocycles. The highest BCUT2D eigenvalue weighted by molar-refractivity contribution is 6.16. The van der Waals surface area contributed by atoms with E-state index in [1.54, 1.807) is 0 Å². The number of hydrogen-bond acceptors (Lipinski definition) is 2. The van der Waals surface area contributed by atoms with E-state index in [2.05, 4.69) is 312 Å². The molecule has 5 aromatic heterocycles. The van der Waals surface area contributed by atoms with Crippen LogP contribution in [0.4, 0.5) is 0 Å². The zero-order valence-electron chi connectivity index (χ0n) is 47.7. The molecule has 0 aliphatic rings. The number of benzene rings is 13. The predicted molar refractivity (Wildman–Crippen MR) is 361 cm³/mol. The summed E-state index contributed by atoms with van der Waals surface area (Å²) in [5.41, 5.74) is 18.5. The molecule has 0 N–H and O–H groups in total. The average Bonchev–Trinajstić information content (AvgIpc) is 1.86. The lowest BCUT2D eigenvalue weighted by atomic mass is 9.85. The maximum atomic E-state index is 5.79. The monoisotopic (exact) mass is 1100 g/mol. The lowest BCUT2D eigenvalue weighted by Gasteiger charge is -2.19. The Hall–Kier alpha value is -11.1. The molecular formula is C80H54N6. The minimum absolute atomic E-state index is 0.0299. The van der Waals surface area contributed by atoms with Crippen LogP contribution in [0.5, 0.6) is 0 Å². The van der Waals surface area contributed by atoms with Crippen LogP contribution in [0.2, 0.25) is 0 Å². The van der Waals surface area contributed by atoms with Crippen LogP contribution in [0.15, 0.2) is 273 Å². The van der Waals surface area contributed by atoms with Gasteiger partial charge >= 0.3 is 0 Å². The van der Waals surface area contributed by atoms with Crippen molar-refractivity contribution in [3.8, 4) is 45.4 Å². The first kappa shape index (κ1) is 48.5. The summed E-state index contributed by atoms with van der Waals surface area (Å²) in [6, 6.07) is 100. The van der Waals surface area contributed by atoms with Crippen LogP contribution in [0.3, 0.4) is 0 Å². The lowest BCUT2D eigenvalue weighted by molar-refractivity contribution is 0.591. The van der Waals surface area contributed by atoms with Gasteiger partial charge in [-0.1, -0.05) is 191 Å². The normalized spacial score (nSPS) is 12.4. The van der Waals surface area contributed by atoms with Crippen molar-refractivity contribution in [2.45, 2.75) is 26.2 Å². The first-order valence-electron chi connectivity index (χ1n) is 29.7. The van der Waals surface area contributed by atoms with Crippen LogP contribution in [0, 0.1) is 0 Å². The SMILES string of the molecule is CC(C)(C)c1ccc2cc(-c3nc(-c4cc(-n5c6ccccc6c6cc(-n7c8ccccc8c8ccccc87)ccc65)cc(-n5c6ccccc6c6cc(-n7c8ccccc8c8ccccc87)ccc65)c4)nc4ccc5ccccc5c34)ccc2c1. The Balaban J connectivity index is 0.906. The van der Waals surface area contributed by atoms with Gasteiger partial charge in [0.05, 0.1) is 55.3 Å². The molecule has 0 spiro atoms. The molecular weight excluding hydrogens is 1040 g/mol. The number of para-hydroxylation sites is 6. The van der Waals surface area contributed by atoms with E-state index in [1.165, 1.54) is 81.5 Å². The van der Waals surface area contributed by atoms with E-state index >= 15 is 0 Å². The highest BCUT2D eigenvalue weighted by atomic mass is 15.0. The second-order valence-corrected chi connectivity index (χ2v) is 24.2. The Morgan fingerprint density at radius 2 is 0.663 bits per heavy atom. The minimum atomic E-state index is 0.0299. The number of fused-ring (bicyclic) bond motifs is 16. The van der Waals surface area contributed by atoms with Crippen LogP contribution < -0.4 is 0 Å². The van der Waals surface area contributed by atoms with Crippen LogP contribution in [-0.2, 0) is 5.41 Å². The molecule has 0 aliphatic heterocycles. The molecule has 0 bridgehead atoms. The zero-order valence-corrected chi connectivity index (χ0v) is 47.7. The summed E-state index contributed by atoms with van der Waals surface area (Å²) in [6.45, 7) is 6.83. The van der Waals surface area contributed by atoms with Gasteiger partial charge in [-0.25, -0.2) is 9.97 Å². The Bertz CT molecular complexity index is 5540. The van der Waals surface area contributed by atoms with E-state index in [9.17, 15) is 0 Å². The number of hydrogen-bond donors (Lipinski definition) is 0. The average molecular weight is 1100 g/mol. The van der Waals surface area contributed by atoms with Gasteiger partial charge in [0.2, 0.25) is 0 Å². The molecule has 6 heteroatoms. The van der Waals surface area contributed by atoms with E-state index < -0.39 is 0 Å². The molecule has 0 amide bonds. The second-order valence-electron chi connectivity index (χ2n) is 24.2. The molecule has 18 aromatic rings. The van der Waals surface area contributed by atoms with Crippen molar-refractivity contribution in [1.29, 1.82) is 0 Å². The van der Waals surface area contributed by atoms with E-state index in [4.69, 9.17) is 9.97 Å². The quantitative estimate of drug-likeness (QED) is 0.156. The summed E-state index contributed by atoms with van der Waals surface area (Å²) in [6.07, 6.45) is 0. The summed E-state index contributed by atoms with van der Waals surface area (Å²) in [4.78, 5) is 11.4. The molecule has 0 unspecified atom stereocenters. The molecule has 0 saturated heterocycles. The molecule has 404 valence electrons. The Labute approximate surface area is 495 Å². The Kier molecular flexibility index (Phi) is 10.3. The van der Waals surface area contributed by atoms with E-state index in [-0.39, 0.29) is 5.41 Å². The standard InChI is InChI=1S/C80H54N6/c1-80(2,3)54-36-34-50-42-52(33-32-51(50)43-54)78-77-59-19-5-4-18-49(59)35-39-68(77)81-79(82-78)53-44-57(85-73-30-16-10-24-64(73)66-47-55(37-40-75(66)85)83-69-26-12-6-20-60(69)61-21-7-13-27-70(61)83)46-58(45-53)86-74-31-17-11-25-65(74)67-48-56(38-41-76(67)86)84-71-28-14-8-22-62(71)63-23-9-15-29-72(63)84/h4-48H,1-3H3. The van der Waals surface area contributed by atoms with Crippen molar-refractivity contribution in [2.24, 2.45) is 0 Å². The van der Waals surface area contributed by atoms with Crippen molar-refractivity contribution >= 4 is 120 Å². The van der Waals surface area contributed by atoms with Crippen molar-refractivity contribution in [3.63, 3.8) is 0 Å². The molecule has 86 heavy (non-hydrogen) atoms. The third-order valence-corrected chi connectivity index (χ3v) is 18.2. The van der Waals surface area contributed by atoms with Crippen molar-refractivity contribution in [3.05, 3.63) is 279 Å². The van der Waals surface area contributed by atoms with Gasteiger partial charge in [0.1, 0.15) is 0 Å². The summed E-state index contributed by atoms with van der Waals surface area (Å²) in [5, 5.41) is 15.4. The molecule has 5 heterocycles. The summed E-state index contributed by atoms with van der Waals surface area (Å²) >= 11 is 0. The zero-order chi connectivity index (χ0) is 56.9. The van der Waals surface area contributed by atoms with E-state index in [1.807, 2.05) is 0 Å². The third-order valence-electron chi connectivity index (χ3n) is 18.2. The van der Waals surface area contributed by atoms with Gasteiger partial charge < -0.3 is 18.3 Å². The van der Waals surface area contributed by atoms with Gasteiger partial charge in [0, 0.05) is 82.4 Å². The fourth-order valence-electron chi connectivity index (χ4n) is 14.2. The van der Waals surface area contributed by atoms with Gasteiger partial charge in [0.25, 0.3) is 0 Å². The number of rotatable bonds is 6. The van der Waals surface area contributed by atoms with Gasteiger partial charge in [-0.05, 0) is 136 Å². The van der Waals surface area contributed by atoms with Gasteiger partial charge in [-0.3, -0.25) is 0 Å². The van der Waals surface area contributed by atoms with Crippen LogP contribution >= 0.6 is 0 Å². The summed E-state index contributed by atoms with van der Waals surface area (Å²) in [5.74, 6) is 0.651. The fourth-order valence-corrected chi connectivity index (χ4v) is 14.2. The lowest BCUT2D eigenvalue weighted by Crippen LogP contribution is -2.10. The summed E-state index contributed by atoms with van der Waals surface area (Å²) < 4.78 is 9.74. The largest absolute Gasteiger partial charge is 0.309 e. The topological polar surface area (TPSA) is 45.5 Å². The van der Waals surface area contributed by atoms with Crippen molar-refractivity contribution in [1.82, 2.24) is 28.2 Å². The Morgan fingerprint density at radius 3 is 1.15 bits per heavy atom. The first-order chi connectivity index (χ1) is 42.3. The summed E-state index contributed by atoms with van der Waals surface area (Å²) in [7, 11) is 0. The molecule has 0 radical (unpaired) electrons. The van der Waals surface area contributed by atoms with Gasteiger partial charge in [0.15, 0.2) is 5.82 Å². The maximum Gasteiger partial charge on any atom is 0.160 e. The molecule has 13 aromatic carbocycles. The predicted octanol–water partition coefficient (Wildman–Crippen LogP) is 21.0. The highest BCUT2D eigenvalue weighted by Gasteiger charge is 2.23. The third kappa shape index (κ3) is 7.20. The van der Waals surface area contributed by atoms with Crippen LogP contribution in [0.1, 0.15) is 26.3 Å².